The molecule has 5 heteroatoms. The van der Waals surface area contributed by atoms with E-state index >= 15 is 0 Å². The molecule has 78 valence electrons. The molecule has 0 saturated carbocycles. The van der Waals surface area contributed by atoms with Gasteiger partial charge in [-0.1, -0.05) is 23.2 Å². The molecule has 0 spiro atoms. The van der Waals surface area contributed by atoms with Gasteiger partial charge in [-0.15, -0.1) is 0 Å². The highest BCUT2D eigenvalue weighted by Crippen LogP contribution is 2.35. The summed E-state index contributed by atoms with van der Waals surface area (Å²) in [7, 11) is 3.20. The highest BCUT2D eigenvalue weighted by molar-refractivity contribution is 6.35. The first-order valence-electron chi connectivity index (χ1n) is 3.96. The topological polar surface area (TPSA) is 21.3 Å². The summed E-state index contributed by atoms with van der Waals surface area (Å²) in [5.41, 5.74) is 0.529. The van der Waals surface area contributed by atoms with Crippen molar-refractivity contribution < 1.29 is 9.13 Å². The van der Waals surface area contributed by atoms with Gasteiger partial charge in [0.15, 0.2) is 0 Å². The molecule has 0 bridgehead atoms. The van der Waals surface area contributed by atoms with Crippen LogP contribution in [0.2, 0.25) is 10.0 Å². The zero-order valence-electron chi connectivity index (χ0n) is 7.83. The first-order valence-corrected chi connectivity index (χ1v) is 4.72. The maximum Gasteiger partial charge on any atom is 0.143 e. The summed E-state index contributed by atoms with van der Waals surface area (Å²) in [6.45, 7) is 0.402. The average Bonchev–Trinajstić information content (AvgIpc) is 2.14. The number of benzene rings is 1. The maximum atomic E-state index is 13.2. The third-order valence-electron chi connectivity index (χ3n) is 1.78. The minimum atomic E-state index is -0.539. The number of ether oxygens (including phenoxy) is 1. The zero-order chi connectivity index (χ0) is 10.7. The first kappa shape index (κ1) is 11.6. The second-order valence-corrected chi connectivity index (χ2v) is 3.48. The van der Waals surface area contributed by atoms with Gasteiger partial charge < -0.3 is 10.1 Å². The highest BCUT2D eigenvalue weighted by atomic mass is 35.5. The molecule has 1 aromatic rings. The van der Waals surface area contributed by atoms with Gasteiger partial charge in [0.05, 0.1) is 17.2 Å². The summed E-state index contributed by atoms with van der Waals surface area (Å²) in [5.74, 6) is -0.130. The lowest BCUT2D eigenvalue weighted by Crippen LogP contribution is -2.08. The van der Waals surface area contributed by atoms with Crippen molar-refractivity contribution in [3.8, 4) is 5.75 Å². The fraction of sp³-hybridized carbons (Fsp3) is 0.333. The van der Waals surface area contributed by atoms with Gasteiger partial charge in [-0.25, -0.2) is 4.39 Å². The molecule has 0 aliphatic carbocycles. The van der Waals surface area contributed by atoms with Crippen LogP contribution >= 0.6 is 23.2 Å². The summed E-state index contributed by atoms with van der Waals surface area (Å²) in [5, 5.41) is 3.13. The van der Waals surface area contributed by atoms with E-state index in [0.717, 1.165) is 6.07 Å². The summed E-state index contributed by atoms with van der Waals surface area (Å²) >= 11 is 11.6. The molecule has 1 N–H and O–H groups in total. The quantitative estimate of drug-likeness (QED) is 0.817. The third kappa shape index (κ3) is 2.11. The minimum absolute atomic E-state index is 0.0422. The number of halogens is 3. The van der Waals surface area contributed by atoms with E-state index in [4.69, 9.17) is 27.9 Å². The van der Waals surface area contributed by atoms with E-state index in [1.165, 1.54) is 7.11 Å². The molecule has 0 radical (unpaired) electrons. The van der Waals surface area contributed by atoms with E-state index in [-0.39, 0.29) is 10.0 Å². The second kappa shape index (κ2) is 4.82. The van der Waals surface area contributed by atoms with E-state index in [0.29, 0.717) is 17.9 Å². The van der Waals surface area contributed by atoms with Crippen LogP contribution in [0.25, 0.3) is 0 Å². The predicted octanol–water partition coefficient (Wildman–Crippen LogP) is 2.86. The maximum absolute atomic E-state index is 13.2. The molecule has 0 aliphatic rings. The molecule has 1 rings (SSSR count). The highest BCUT2D eigenvalue weighted by Gasteiger charge is 2.15. The summed E-state index contributed by atoms with van der Waals surface area (Å²) < 4.78 is 18.2. The van der Waals surface area contributed by atoms with Crippen LogP contribution in [0.4, 0.5) is 4.39 Å². The van der Waals surface area contributed by atoms with Crippen LogP contribution in [0, 0.1) is 5.82 Å². The fourth-order valence-electron chi connectivity index (χ4n) is 1.18. The first-order chi connectivity index (χ1) is 6.61. The Labute approximate surface area is 92.0 Å². The fourth-order valence-corrected chi connectivity index (χ4v) is 1.68. The van der Waals surface area contributed by atoms with Crippen molar-refractivity contribution in [3.05, 3.63) is 27.5 Å². The molecule has 0 aliphatic heterocycles. The Balaban J connectivity index is 3.32. The number of methoxy groups -OCH3 is 1. The average molecular weight is 238 g/mol. The Bertz CT molecular complexity index is 344. The van der Waals surface area contributed by atoms with Gasteiger partial charge >= 0.3 is 0 Å². The molecule has 0 atom stereocenters. The van der Waals surface area contributed by atoms with Gasteiger partial charge in [0.25, 0.3) is 0 Å². The predicted molar refractivity (Wildman–Crippen MR) is 55.7 cm³/mol. The van der Waals surface area contributed by atoms with Gasteiger partial charge in [-0.2, -0.15) is 0 Å². The zero-order valence-corrected chi connectivity index (χ0v) is 9.34. The minimum Gasteiger partial charge on any atom is -0.495 e. The van der Waals surface area contributed by atoms with Crippen molar-refractivity contribution >= 4 is 23.2 Å². The van der Waals surface area contributed by atoms with E-state index in [1.807, 2.05) is 0 Å². The van der Waals surface area contributed by atoms with Crippen LogP contribution in [0.5, 0.6) is 5.75 Å². The largest absolute Gasteiger partial charge is 0.495 e. The van der Waals surface area contributed by atoms with Crippen molar-refractivity contribution in [2.45, 2.75) is 6.54 Å². The van der Waals surface area contributed by atoms with Crippen LogP contribution < -0.4 is 10.1 Å². The van der Waals surface area contributed by atoms with Gasteiger partial charge in [0.2, 0.25) is 0 Å². The van der Waals surface area contributed by atoms with Crippen molar-refractivity contribution in [1.29, 1.82) is 0 Å². The van der Waals surface area contributed by atoms with Crippen molar-refractivity contribution in [2.24, 2.45) is 0 Å². The number of rotatable bonds is 3. The van der Waals surface area contributed by atoms with E-state index in [9.17, 15) is 4.39 Å². The number of hydrogen-bond donors (Lipinski definition) is 1. The molecular weight excluding hydrogens is 228 g/mol. The molecule has 0 aromatic heterocycles. The lowest BCUT2D eigenvalue weighted by atomic mass is 10.2. The van der Waals surface area contributed by atoms with Crippen LogP contribution in [0.3, 0.4) is 0 Å². The molecule has 0 saturated heterocycles. The monoisotopic (exact) mass is 237 g/mol. The smallest absolute Gasteiger partial charge is 0.143 e. The molecule has 0 amide bonds. The Kier molecular flexibility index (Phi) is 3.98. The standard InChI is InChI=1S/C9H10Cl2FNO/c1-13-4-5-8(11)7(12)3-6(10)9(5)14-2/h3,13H,4H2,1-2H3. The Hall–Kier alpha value is -0.510. The van der Waals surface area contributed by atoms with E-state index in [2.05, 4.69) is 5.32 Å². The third-order valence-corrected chi connectivity index (χ3v) is 2.47. The Morgan fingerprint density at radius 3 is 2.64 bits per heavy atom. The van der Waals surface area contributed by atoms with Crippen LogP contribution in [-0.4, -0.2) is 14.2 Å². The normalized spacial score (nSPS) is 10.4. The molecule has 14 heavy (non-hydrogen) atoms. The van der Waals surface area contributed by atoms with Crippen LogP contribution in [0.15, 0.2) is 6.07 Å². The molecule has 1 aromatic carbocycles. The molecule has 0 heterocycles. The van der Waals surface area contributed by atoms with Crippen molar-refractivity contribution in [1.82, 2.24) is 5.32 Å². The van der Waals surface area contributed by atoms with E-state index < -0.39 is 5.82 Å². The Morgan fingerprint density at radius 1 is 1.50 bits per heavy atom. The summed E-state index contributed by atoms with van der Waals surface area (Å²) in [6, 6.07) is 1.14. The number of nitrogens with one attached hydrogen (secondary N) is 1. The lowest BCUT2D eigenvalue weighted by Gasteiger charge is -2.12. The van der Waals surface area contributed by atoms with Gasteiger partial charge in [-0.3, -0.25) is 0 Å². The Morgan fingerprint density at radius 2 is 2.14 bits per heavy atom. The summed E-state index contributed by atoms with van der Waals surface area (Å²) in [4.78, 5) is 0. The van der Waals surface area contributed by atoms with Gasteiger partial charge in [0.1, 0.15) is 11.6 Å². The molecular formula is C9H10Cl2FNO. The van der Waals surface area contributed by atoms with E-state index in [1.54, 1.807) is 7.05 Å². The van der Waals surface area contributed by atoms with Gasteiger partial charge in [0, 0.05) is 12.1 Å². The lowest BCUT2D eigenvalue weighted by molar-refractivity contribution is 0.407. The summed E-state index contributed by atoms with van der Waals surface area (Å²) in [6.07, 6.45) is 0. The molecule has 0 unspecified atom stereocenters. The number of hydrogen-bond acceptors (Lipinski definition) is 2. The SMILES string of the molecule is CNCc1c(Cl)c(F)cc(Cl)c1OC. The molecule has 0 fully saturated rings. The van der Waals surface area contributed by atoms with Crippen molar-refractivity contribution in [2.75, 3.05) is 14.2 Å². The molecule has 2 nitrogen and oxygen atoms in total. The van der Waals surface area contributed by atoms with Crippen LogP contribution in [-0.2, 0) is 6.54 Å². The van der Waals surface area contributed by atoms with Gasteiger partial charge in [-0.05, 0) is 13.1 Å². The van der Waals surface area contributed by atoms with Crippen LogP contribution in [0.1, 0.15) is 5.56 Å². The second-order valence-electron chi connectivity index (χ2n) is 2.70. The van der Waals surface area contributed by atoms with Crippen molar-refractivity contribution in [3.63, 3.8) is 0 Å².